The lowest BCUT2D eigenvalue weighted by atomic mass is 9.92. The first-order chi connectivity index (χ1) is 20.6. The molecular weight excluding hydrogens is 548 g/mol. The Kier molecular flexibility index (Phi) is 6.98. The number of benzene rings is 5. The fourth-order valence-corrected chi connectivity index (χ4v) is 5.40. The van der Waals surface area contributed by atoms with Crippen LogP contribution in [-0.4, -0.2) is 32.7 Å². The smallest absolute Gasteiger partial charge is 0.334 e. The van der Waals surface area contributed by atoms with Crippen LogP contribution in [0, 0.1) is 6.92 Å². The van der Waals surface area contributed by atoms with Crippen molar-refractivity contribution in [1.29, 1.82) is 0 Å². The molecule has 218 valence electrons. The fraction of sp³-hybridized carbons (Fsp3) is 0.171. The van der Waals surface area contributed by atoms with E-state index in [1.165, 1.54) is 42.5 Å². The highest BCUT2D eigenvalue weighted by molar-refractivity contribution is 6.12. The van der Waals surface area contributed by atoms with Crippen molar-refractivity contribution in [3.8, 4) is 34.5 Å². The van der Waals surface area contributed by atoms with Crippen LogP contribution in [-0.2, 0) is 9.53 Å². The number of aromatic hydroxyl groups is 4. The van der Waals surface area contributed by atoms with Crippen LogP contribution >= 0.6 is 0 Å². The molecular formula is C35H30O8. The molecule has 0 spiro atoms. The van der Waals surface area contributed by atoms with E-state index in [9.17, 15) is 25.2 Å². The minimum absolute atomic E-state index is 0.0626. The molecule has 8 nitrogen and oxygen atoms in total. The van der Waals surface area contributed by atoms with Crippen LogP contribution in [0.4, 0.5) is 0 Å². The molecule has 0 bridgehead atoms. The monoisotopic (exact) mass is 578 g/mol. The summed E-state index contributed by atoms with van der Waals surface area (Å²) in [6, 6.07) is 20.6. The van der Waals surface area contributed by atoms with Gasteiger partial charge in [-0.2, -0.15) is 0 Å². The number of phenolic OH excluding ortho intramolecular Hbond substituents is 4. The normalized spacial score (nSPS) is 16.3. The fourth-order valence-electron chi connectivity index (χ4n) is 5.40. The third kappa shape index (κ3) is 5.12. The Bertz CT molecular complexity index is 1920. The van der Waals surface area contributed by atoms with E-state index in [0.717, 1.165) is 32.7 Å². The molecule has 5 aromatic rings. The van der Waals surface area contributed by atoms with Gasteiger partial charge in [0.2, 0.25) is 0 Å². The maximum absolute atomic E-state index is 13.1. The summed E-state index contributed by atoms with van der Waals surface area (Å²) < 4.78 is 19.0. The quantitative estimate of drug-likeness (QED) is 0.0739. The van der Waals surface area contributed by atoms with Crippen molar-refractivity contribution in [2.45, 2.75) is 39.1 Å². The number of hydrogen-bond donors (Lipinski definition) is 4. The number of aryl methyl sites for hydroxylation is 1. The van der Waals surface area contributed by atoms with Crippen molar-refractivity contribution in [2.75, 3.05) is 0 Å². The molecule has 1 aliphatic rings. The topological polar surface area (TPSA) is 126 Å². The molecule has 0 saturated carbocycles. The number of carbonyl (C=O) groups excluding carboxylic acids is 1. The van der Waals surface area contributed by atoms with Crippen LogP contribution in [0.5, 0.6) is 34.5 Å². The second-order valence-electron chi connectivity index (χ2n) is 10.9. The summed E-state index contributed by atoms with van der Waals surface area (Å²) in [5.41, 5.74) is 2.89. The lowest BCUT2D eigenvalue weighted by molar-refractivity contribution is -0.177. The largest absolute Gasteiger partial charge is 0.504 e. The van der Waals surface area contributed by atoms with Gasteiger partial charge in [0.25, 0.3) is 6.29 Å². The lowest BCUT2D eigenvalue weighted by Crippen LogP contribution is -2.37. The van der Waals surface area contributed by atoms with Crippen LogP contribution in [0.2, 0.25) is 0 Å². The Balaban J connectivity index is 1.48. The Morgan fingerprint density at radius 3 is 2.28 bits per heavy atom. The van der Waals surface area contributed by atoms with E-state index < -0.39 is 18.4 Å². The Hall–Kier alpha value is -5.37. The van der Waals surface area contributed by atoms with Gasteiger partial charge < -0.3 is 34.6 Å². The van der Waals surface area contributed by atoms with Crippen LogP contribution in [0.15, 0.2) is 78.9 Å². The van der Waals surface area contributed by atoms with Gasteiger partial charge in [0, 0.05) is 22.6 Å². The van der Waals surface area contributed by atoms with Crippen molar-refractivity contribution >= 4 is 33.6 Å². The maximum atomic E-state index is 13.1. The van der Waals surface area contributed by atoms with E-state index in [0.29, 0.717) is 22.6 Å². The highest BCUT2D eigenvalue weighted by Gasteiger charge is 2.39. The van der Waals surface area contributed by atoms with Gasteiger partial charge in [-0.15, -0.1) is 0 Å². The van der Waals surface area contributed by atoms with Gasteiger partial charge in [0.15, 0.2) is 40.6 Å². The predicted octanol–water partition coefficient (Wildman–Crippen LogP) is 7.34. The summed E-state index contributed by atoms with van der Waals surface area (Å²) in [5, 5.41) is 43.4. The molecule has 2 atom stereocenters. The Labute approximate surface area is 247 Å². The van der Waals surface area contributed by atoms with Gasteiger partial charge >= 0.3 is 5.97 Å². The summed E-state index contributed by atoms with van der Waals surface area (Å²) in [7, 11) is 0. The highest BCUT2D eigenvalue weighted by atomic mass is 16.7. The first kappa shape index (κ1) is 27.8. The first-order valence-electron chi connectivity index (χ1n) is 13.9. The molecule has 4 N–H and O–H groups in total. The summed E-state index contributed by atoms with van der Waals surface area (Å²) >= 11 is 0. The number of esters is 1. The summed E-state index contributed by atoms with van der Waals surface area (Å²) in [4.78, 5) is 13.1. The average Bonchev–Trinajstić information content (AvgIpc) is 2.98. The standard InChI is InChI=1S/C35H30O8/c1-18(2)25-16-21-9-11-23-19(3)5-4-6-24(23)31(21)34-33(25)42-32(22-10-13-27(37)29(39)17-22)35(43-34)41-30(40)14-8-20-7-12-26(36)28(38)15-20/h4-18,32,35-39H,1-3H3/b14-8+/t32-,35-/m0/s1. The van der Waals surface area contributed by atoms with Crippen LogP contribution in [0.25, 0.3) is 27.6 Å². The molecule has 1 aliphatic heterocycles. The molecule has 0 fully saturated rings. The number of carbonyl (C=O) groups is 1. The van der Waals surface area contributed by atoms with Gasteiger partial charge in [-0.05, 0) is 76.5 Å². The second kappa shape index (κ2) is 10.8. The van der Waals surface area contributed by atoms with Crippen LogP contribution in [0.3, 0.4) is 0 Å². The zero-order valence-corrected chi connectivity index (χ0v) is 23.7. The van der Waals surface area contributed by atoms with Crippen molar-refractivity contribution in [3.05, 3.63) is 101 Å². The third-order valence-electron chi connectivity index (χ3n) is 7.64. The number of phenols is 4. The number of hydrogen-bond acceptors (Lipinski definition) is 8. The Morgan fingerprint density at radius 2 is 1.56 bits per heavy atom. The molecule has 0 aliphatic carbocycles. The minimum Gasteiger partial charge on any atom is -0.504 e. The molecule has 8 heteroatoms. The Morgan fingerprint density at radius 1 is 0.814 bits per heavy atom. The van der Waals surface area contributed by atoms with Crippen LogP contribution in [0.1, 0.15) is 48.1 Å². The van der Waals surface area contributed by atoms with E-state index in [2.05, 4.69) is 26.0 Å². The van der Waals surface area contributed by atoms with Gasteiger partial charge in [0.05, 0.1) is 0 Å². The lowest BCUT2D eigenvalue weighted by Gasteiger charge is -2.35. The predicted molar refractivity (Wildman–Crippen MR) is 163 cm³/mol. The van der Waals surface area contributed by atoms with E-state index in [-0.39, 0.29) is 28.9 Å². The summed E-state index contributed by atoms with van der Waals surface area (Å²) in [6.45, 7) is 6.14. The molecule has 0 aromatic heterocycles. The molecule has 43 heavy (non-hydrogen) atoms. The summed E-state index contributed by atoms with van der Waals surface area (Å²) in [5.74, 6) is -0.979. The van der Waals surface area contributed by atoms with E-state index in [4.69, 9.17) is 14.2 Å². The third-order valence-corrected chi connectivity index (χ3v) is 7.64. The van der Waals surface area contributed by atoms with Gasteiger partial charge in [0.1, 0.15) is 0 Å². The van der Waals surface area contributed by atoms with Gasteiger partial charge in [-0.25, -0.2) is 4.79 Å². The zero-order valence-electron chi connectivity index (χ0n) is 23.7. The molecule has 5 aromatic carbocycles. The molecule has 0 amide bonds. The van der Waals surface area contributed by atoms with Crippen molar-refractivity contribution in [1.82, 2.24) is 0 Å². The molecule has 0 saturated heterocycles. The average molecular weight is 579 g/mol. The number of fused-ring (bicyclic) bond motifs is 5. The van der Waals surface area contributed by atoms with E-state index >= 15 is 0 Å². The molecule has 6 rings (SSSR count). The minimum atomic E-state index is -1.27. The SMILES string of the molecule is Cc1cccc2c1ccc1cc(C(C)C)c3c(c12)O[C@H](OC(=O)/C=C/c1ccc(O)c(O)c1)[C@H](c1ccc(O)c(O)c1)O3. The molecule has 0 radical (unpaired) electrons. The van der Waals surface area contributed by atoms with Crippen LogP contribution < -0.4 is 9.47 Å². The zero-order chi connectivity index (χ0) is 30.4. The number of ether oxygens (including phenoxy) is 3. The maximum Gasteiger partial charge on any atom is 0.334 e. The second-order valence-corrected chi connectivity index (χ2v) is 10.9. The van der Waals surface area contributed by atoms with E-state index in [1.807, 2.05) is 31.2 Å². The first-order valence-corrected chi connectivity index (χ1v) is 13.9. The van der Waals surface area contributed by atoms with Crippen molar-refractivity contribution < 1.29 is 39.4 Å². The van der Waals surface area contributed by atoms with Gasteiger partial charge in [-0.1, -0.05) is 56.3 Å². The van der Waals surface area contributed by atoms with Crippen molar-refractivity contribution in [3.63, 3.8) is 0 Å². The van der Waals surface area contributed by atoms with Gasteiger partial charge in [-0.3, -0.25) is 0 Å². The molecule has 0 unspecified atom stereocenters. The summed E-state index contributed by atoms with van der Waals surface area (Å²) in [6.07, 6.45) is 0.355. The highest BCUT2D eigenvalue weighted by Crippen LogP contribution is 2.51. The van der Waals surface area contributed by atoms with Crippen molar-refractivity contribution in [2.24, 2.45) is 0 Å². The van der Waals surface area contributed by atoms with E-state index in [1.54, 1.807) is 6.07 Å². The number of rotatable bonds is 5. The molecule has 1 heterocycles.